The zero-order valence-corrected chi connectivity index (χ0v) is 21.5. The molecule has 0 fully saturated rings. The van der Waals surface area contributed by atoms with Crippen molar-refractivity contribution in [1.82, 2.24) is 0 Å². The van der Waals surface area contributed by atoms with Crippen LogP contribution in [0.2, 0.25) is 0 Å². The Labute approximate surface area is 197 Å². The zero-order chi connectivity index (χ0) is 22.4. The lowest BCUT2D eigenvalue weighted by molar-refractivity contribution is 0.441. The lowest BCUT2D eigenvalue weighted by atomic mass is 9.86. The Morgan fingerprint density at radius 3 is 1.03 bits per heavy atom. The predicted molar refractivity (Wildman–Crippen MR) is 142 cm³/mol. The van der Waals surface area contributed by atoms with Crippen LogP contribution in [-0.4, -0.2) is 0 Å². The second-order valence-corrected chi connectivity index (χ2v) is 11.0. The summed E-state index contributed by atoms with van der Waals surface area (Å²) in [6, 6.07) is 23.0. The van der Waals surface area contributed by atoms with E-state index in [1.54, 1.807) is 11.1 Å². The highest BCUT2D eigenvalue weighted by Crippen LogP contribution is 2.58. The van der Waals surface area contributed by atoms with Crippen LogP contribution in [0.1, 0.15) is 116 Å². The smallest absolute Gasteiger partial charge is 0.0417 e. The Hall–Kier alpha value is -1.21. The summed E-state index contributed by atoms with van der Waals surface area (Å²) in [5, 5.41) is 0. The molecule has 2 rings (SSSR count). The van der Waals surface area contributed by atoms with Crippen molar-refractivity contribution < 1.29 is 0 Å². The van der Waals surface area contributed by atoms with Gasteiger partial charge in [0.2, 0.25) is 0 Å². The fourth-order valence-corrected chi connectivity index (χ4v) is 7.10. The van der Waals surface area contributed by atoms with E-state index in [2.05, 4.69) is 100 Å². The van der Waals surface area contributed by atoms with E-state index in [1.807, 2.05) is 0 Å². The van der Waals surface area contributed by atoms with Crippen LogP contribution >= 0.6 is 11.8 Å². The number of hydrogen-bond acceptors (Lipinski definition) is 1. The van der Waals surface area contributed by atoms with Crippen LogP contribution < -0.4 is 0 Å². The molecule has 0 N–H and O–H groups in total. The zero-order valence-electron chi connectivity index (χ0n) is 20.7. The molecule has 0 radical (unpaired) electrons. The monoisotopic (exact) mass is 438 g/mol. The van der Waals surface area contributed by atoms with E-state index in [-0.39, 0.29) is 9.49 Å². The molecular weight excluding hydrogens is 392 g/mol. The molecule has 1 heteroatoms. The van der Waals surface area contributed by atoms with Crippen molar-refractivity contribution in [3.63, 3.8) is 0 Å². The van der Waals surface area contributed by atoms with Crippen molar-refractivity contribution in [3.8, 4) is 0 Å². The van der Waals surface area contributed by atoms with Gasteiger partial charge in [-0.1, -0.05) is 140 Å². The first-order valence-electron chi connectivity index (χ1n) is 13.0. The molecule has 2 aromatic rings. The third-order valence-electron chi connectivity index (χ3n) is 6.73. The van der Waals surface area contributed by atoms with Gasteiger partial charge in [0.1, 0.15) is 0 Å². The van der Waals surface area contributed by atoms with Crippen LogP contribution in [0.25, 0.3) is 0 Å². The van der Waals surface area contributed by atoms with Gasteiger partial charge in [-0.25, -0.2) is 0 Å². The maximum Gasteiger partial charge on any atom is 0.0417 e. The fraction of sp³-hybridized carbons (Fsp3) is 0.600. The Balaban J connectivity index is 2.60. The molecule has 0 spiro atoms. The van der Waals surface area contributed by atoms with E-state index >= 15 is 0 Å². The molecule has 172 valence electrons. The molecule has 2 aromatic carbocycles. The van der Waals surface area contributed by atoms with Gasteiger partial charge in [0, 0.05) is 9.49 Å². The van der Waals surface area contributed by atoms with Crippen molar-refractivity contribution in [2.24, 2.45) is 0 Å². The lowest BCUT2D eigenvalue weighted by Gasteiger charge is -2.45. The van der Waals surface area contributed by atoms with Gasteiger partial charge in [-0.15, -0.1) is 11.8 Å². The highest BCUT2D eigenvalue weighted by atomic mass is 32.2. The molecule has 0 bridgehead atoms. The van der Waals surface area contributed by atoms with Crippen LogP contribution in [0.3, 0.4) is 0 Å². The summed E-state index contributed by atoms with van der Waals surface area (Å²) in [7, 11) is 0. The lowest BCUT2D eigenvalue weighted by Crippen LogP contribution is -2.33. The van der Waals surface area contributed by atoms with E-state index in [0.717, 1.165) is 0 Å². The van der Waals surface area contributed by atoms with E-state index in [1.165, 1.54) is 77.0 Å². The van der Waals surface area contributed by atoms with Crippen molar-refractivity contribution in [2.75, 3.05) is 0 Å². The summed E-state index contributed by atoms with van der Waals surface area (Å²) in [5.74, 6) is 0. The summed E-state index contributed by atoms with van der Waals surface area (Å²) < 4.78 is 0.398. The maximum absolute atomic E-state index is 2.41. The van der Waals surface area contributed by atoms with Gasteiger partial charge in [0.15, 0.2) is 0 Å². The van der Waals surface area contributed by atoms with Gasteiger partial charge in [0.05, 0.1) is 0 Å². The first-order valence-corrected chi connectivity index (χ1v) is 13.8. The molecule has 0 aromatic heterocycles. The standard InChI is InChI=1S/C30H46S/c1-5-9-23-29(24-10-6-2,27-19-15-13-16-20-27)31-30(25-11-7-3,26-12-8-4)28-21-17-14-18-22-28/h13-22H,5-12,23-26H2,1-4H3. The predicted octanol–water partition coefficient (Wildman–Crippen LogP) is 10.3. The van der Waals surface area contributed by atoms with E-state index in [9.17, 15) is 0 Å². The minimum absolute atomic E-state index is 0.199. The van der Waals surface area contributed by atoms with Crippen molar-refractivity contribution in [2.45, 2.75) is 114 Å². The van der Waals surface area contributed by atoms with Gasteiger partial charge in [-0.3, -0.25) is 0 Å². The normalized spacial score (nSPS) is 12.3. The number of hydrogen-bond donors (Lipinski definition) is 0. The van der Waals surface area contributed by atoms with Crippen molar-refractivity contribution >= 4 is 11.8 Å². The Morgan fingerprint density at radius 2 is 0.774 bits per heavy atom. The van der Waals surface area contributed by atoms with Crippen LogP contribution in [0.15, 0.2) is 60.7 Å². The average Bonchev–Trinajstić information content (AvgIpc) is 2.83. The summed E-state index contributed by atoms with van der Waals surface area (Å²) in [6.07, 6.45) is 15.4. The van der Waals surface area contributed by atoms with Crippen molar-refractivity contribution in [1.29, 1.82) is 0 Å². The molecule has 0 saturated heterocycles. The molecule has 0 heterocycles. The van der Waals surface area contributed by atoms with Gasteiger partial charge in [-0.05, 0) is 36.8 Å². The number of rotatable bonds is 16. The topological polar surface area (TPSA) is 0 Å². The summed E-state index contributed by atoms with van der Waals surface area (Å²) in [5.41, 5.74) is 3.10. The molecule has 0 nitrogen and oxygen atoms in total. The van der Waals surface area contributed by atoms with E-state index < -0.39 is 0 Å². The van der Waals surface area contributed by atoms with Crippen LogP contribution in [0.4, 0.5) is 0 Å². The molecule has 0 aliphatic heterocycles. The summed E-state index contributed by atoms with van der Waals surface area (Å²) >= 11 is 2.35. The van der Waals surface area contributed by atoms with E-state index in [4.69, 9.17) is 0 Å². The van der Waals surface area contributed by atoms with Crippen LogP contribution in [0, 0.1) is 0 Å². The summed E-state index contributed by atoms with van der Waals surface area (Å²) in [6.45, 7) is 9.38. The molecule has 0 amide bonds. The third-order valence-corrected chi connectivity index (χ3v) is 8.80. The highest BCUT2D eigenvalue weighted by Gasteiger charge is 2.42. The Bertz CT molecular complexity index is 613. The highest BCUT2D eigenvalue weighted by molar-refractivity contribution is 8.01. The maximum atomic E-state index is 2.41. The minimum Gasteiger partial charge on any atom is -0.139 e. The molecule has 0 saturated carbocycles. The van der Waals surface area contributed by atoms with Gasteiger partial charge in [-0.2, -0.15) is 0 Å². The molecule has 0 atom stereocenters. The SMILES string of the molecule is CCCCC(CCCC)(SC(CCCC)(CCCC)c1ccccc1)c1ccccc1. The first kappa shape index (κ1) is 26.0. The molecule has 0 aliphatic rings. The molecule has 0 aliphatic carbocycles. The van der Waals surface area contributed by atoms with Crippen LogP contribution in [-0.2, 0) is 9.49 Å². The van der Waals surface area contributed by atoms with Gasteiger partial charge >= 0.3 is 0 Å². The molecular formula is C30H46S. The van der Waals surface area contributed by atoms with Gasteiger partial charge < -0.3 is 0 Å². The molecule has 31 heavy (non-hydrogen) atoms. The summed E-state index contributed by atoms with van der Waals surface area (Å²) in [4.78, 5) is 0. The largest absolute Gasteiger partial charge is 0.139 e. The molecule has 0 unspecified atom stereocenters. The number of thioether (sulfide) groups is 1. The Kier molecular flexibility index (Phi) is 11.8. The minimum atomic E-state index is 0.199. The second-order valence-electron chi connectivity index (χ2n) is 9.24. The number of unbranched alkanes of at least 4 members (excludes halogenated alkanes) is 4. The third kappa shape index (κ3) is 7.41. The van der Waals surface area contributed by atoms with Crippen molar-refractivity contribution in [3.05, 3.63) is 71.8 Å². The fourth-order valence-electron chi connectivity index (χ4n) is 4.86. The number of benzene rings is 2. The van der Waals surface area contributed by atoms with E-state index in [0.29, 0.717) is 0 Å². The Morgan fingerprint density at radius 1 is 0.484 bits per heavy atom. The average molecular weight is 439 g/mol. The first-order chi connectivity index (χ1) is 15.2. The second kappa shape index (κ2) is 14.0. The quantitative estimate of drug-likeness (QED) is 0.251. The van der Waals surface area contributed by atoms with Gasteiger partial charge in [0.25, 0.3) is 0 Å². The van der Waals surface area contributed by atoms with Crippen LogP contribution in [0.5, 0.6) is 0 Å².